The van der Waals surface area contributed by atoms with E-state index in [1.54, 1.807) is 30.5 Å². The first-order valence-electron chi connectivity index (χ1n) is 7.07. The SMILES string of the molecule is O=C(O)c1ccccc1-c1nnc(Nc2ccc3[nH]ncc3c2)s1. The Labute approximate surface area is 140 Å². The number of H-pyrrole nitrogens is 1. The van der Waals surface area contributed by atoms with Gasteiger partial charge in [0.1, 0.15) is 5.01 Å². The molecule has 118 valence electrons. The van der Waals surface area contributed by atoms with Crippen LogP contribution in [0, 0.1) is 0 Å². The molecule has 24 heavy (non-hydrogen) atoms. The molecule has 0 aliphatic carbocycles. The summed E-state index contributed by atoms with van der Waals surface area (Å²) in [5, 5.41) is 29.7. The summed E-state index contributed by atoms with van der Waals surface area (Å²) >= 11 is 1.30. The van der Waals surface area contributed by atoms with Crippen molar-refractivity contribution in [2.45, 2.75) is 0 Å². The van der Waals surface area contributed by atoms with Gasteiger partial charge in [0.2, 0.25) is 5.13 Å². The first kappa shape index (κ1) is 14.3. The summed E-state index contributed by atoms with van der Waals surface area (Å²) in [4.78, 5) is 11.3. The molecule has 0 bridgehead atoms. The number of rotatable bonds is 4. The minimum atomic E-state index is -0.985. The predicted molar refractivity (Wildman–Crippen MR) is 91.7 cm³/mol. The molecule has 2 heterocycles. The molecule has 0 saturated heterocycles. The fraction of sp³-hybridized carbons (Fsp3) is 0. The van der Waals surface area contributed by atoms with Crippen LogP contribution < -0.4 is 5.32 Å². The van der Waals surface area contributed by atoms with Gasteiger partial charge < -0.3 is 10.4 Å². The van der Waals surface area contributed by atoms with E-state index < -0.39 is 5.97 Å². The molecule has 0 saturated carbocycles. The standard InChI is InChI=1S/C16H11N5O2S/c22-15(23)12-4-2-1-3-11(12)14-20-21-16(24-14)18-10-5-6-13-9(7-10)8-17-19-13/h1-8H,(H,17,19)(H,18,21)(H,22,23). The average molecular weight is 337 g/mol. The quantitative estimate of drug-likeness (QED) is 0.526. The number of aromatic amines is 1. The van der Waals surface area contributed by atoms with Gasteiger partial charge in [0.05, 0.1) is 17.3 Å². The van der Waals surface area contributed by atoms with Gasteiger partial charge in [-0.05, 0) is 24.3 Å². The van der Waals surface area contributed by atoms with Crippen LogP contribution in [-0.2, 0) is 0 Å². The highest BCUT2D eigenvalue weighted by atomic mass is 32.1. The number of fused-ring (bicyclic) bond motifs is 1. The number of benzene rings is 2. The normalized spacial score (nSPS) is 10.8. The fourth-order valence-corrected chi connectivity index (χ4v) is 3.19. The van der Waals surface area contributed by atoms with E-state index in [-0.39, 0.29) is 5.56 Å². The van der Waals surface area contributed by atoms with Crippen LogP contribution in [0.1, 0.15) is 10.4 Å². The van der Waals surface area contributed by atoms with Gasteiger partial charge in [-0.3, -0.25) is 5.10 Å². The summed E-state index contributed by atoms with van der Waals surface area (Å²) in [5.41, 5.74) is 2.58. The summed E-state index contributed by atoms with van der Waals surface area (Å²) < 4.78 is 0. The Bertz CT molecular complexity index is 1040. The Hall–Kier alpha value is -3.26. The van der Waals surface area contributed by atoms with Crippen molar-refractivity contribution in [1.29, 1.82) is 0 Å². The molecule has 0 unspecified atom stereocenters. The van der Waals surface area contributed by atoms with Gasteiger partial charge >= 0.3 is 5.97 Å². The van der Waals surface area contributed by atoms with Crippen molar-refractivity contribution in [3.8, 4) is 10.6 Å². The van der Waals surface area contributed by atoms with Gasteiger partial charge in [-0.1, -0.05) is 29.5 Å². The number of aromatic carboxylic acids is 1. The Morgan fingerprint density at radius 3 is 2.92 bits per heavy atom. The van der Waals surface area contributed by atoms with Crippen LogP contribution in [0.5, 0.6) is 0 Å². The molecule has 8 heteroatoms. The van der Waals surface area contributed by atoms with Crippen molar-refractivity contribution in [2.24, 2.45) is 0 Å². The van der Waals surface area contributed by atoms with Crippen LogP contribution in [0.15, 0.2) is 48.7 Å². The van der Waals surface area contributed by atoms with Gasteiger partial charge in [0, 0.05) is 16.6 Å². The molecule has 0 fully saturated rings. The molecule has 0 aliphatic rings. The molecule has 0 aliphatic heterocycles. The Morgan fingerprint density at radius 1 is 1.17 bits per heavy atom. The summed E-state index contributed by atoms with van der Waals surface area (Å²) in [6.45, 7) is 0. The Morgan fingerprint density at radius 2 is 2.04 bits per heavy atom. The molecule has 0 amide bonds. The van der Waals surface area contributed by atoms with Crippen LogP contribution in [0.4, 0.5) is 10.8 Å². The maximum Gasteiger partial charge on any atom is 0.336 e. The summed E-state index contributed by atoms with van der Waals surface area (Å²) in [6.07, 6.45) is 1.75. The molecule has 4 aromatic rings. The summed E-state index contributed by atoms with van der Waals surface area (Å²) in [6, 6.07) is 12.5. The minimum absolute atomic E-state index is 0.208. The number of carboxylic acids is 1. The molecule has 2 aromatic carbocycles. The molecular weight excluding hydrogens is 326 g/mol. The maximum absolute atomic E-state index is 11.3. The summed E-state index contributed by atoms with van der Waals surface area (Å²) in [7, 11) is 0. The van der Waals surface area contributed by atoms with E-state index >= 15 is 0 Å². The second kappa shape index (κ2) is 5.74. The molecule has 4 rings (SSSR count). The molecule has 0 spiro atoms. The van der Waals surface area contributed by atoms with Crippen molar-refractivity contribution in [2.75, 3.05) is 5.32 Å². The van der Waals surface area contributed by atoms with E-state index in [0.717, 1.165) is 16.6 Å². The number of hydrogen-bond acceptors (Lipinski definition) is 6. The zero-order valence-corrected chi connectivity index (χ0v) is 13.0. The number of nitrogens with one attached hydrogen (secondary N) is 2. The second-order valence-electron chi connectivity index (χ2n) is 5.06. The molecular formula is C16H11N5O2S. The van der Waals surface area contributed by atoms with E-state index in [1.165, 1.54) is 11.3 Å². The average Bonchev–Trinajstić information content (AvgIpc) is 3.23. The van der Waals surface area contributed by atoms with Crippen LogP contribution in [0.3, 0.4) is 0 Å². The minimum Gasteiger partial charge on any atom is -0.478 e. The lowest BCUT2D eigenvalue weighted by Crippen LogP contribution is -1.98. The highest BCUT2D eigenvalue weighted by Crippen LogP contribution is 2.31. The van der Waals surface area contributed by atoms with Gasteiger partial charge in [0.15, 0.2) is 0 Å². The Balaban J connectivity index is 1.64. The van der Waals surface area contributed by atoms with E-state index in [1.807, 2.05) is 18.2 Å². The topological polar surface area (TPSA) is 104 Å². The number of aromatic nitrogens is 4. The van der Waals surface area contributed by atoms with Crippen molar-refractivity contribution in [3.63, 3.8) is 0 Å². The van der Waals surface area contributed by atoms with Crippen LogP contribution in [0.25, 0.3) is 21.5 Å². The van der Waals surface area contributed by atoms with E-state index in [2.05, 4.69) is 25.7 Å². The lowest BCUT2D eigenvalue weighted by atomic mass is 10.1. The highest BCUT2D eigenvalue weighted by Gasteiger charge is 2.15. The van der Waals surface area contributed by atoms with E-state index in [4.69, 9.17) is 0 Å². The van der Waals surface area contributed by atoms with E-state index in [9.17, 15) is 9.90 Å². The third-order valence-corrected chi connectivity index (χ3v) is 4.38. The van der Waals surface area contributed by atoms with Gasteiger partial charge in [-0.25, -0.2) is 4.79 Å². The fourth-order valence-electron chi connectivity index (χ4n) is 2.38. The first-order valence-corrected chi connectivity index (χ1v) is 7.89. The highest BCUT2D eigenvalue weighted by molar-refractivity contribution is 7.18. The maximum atomic E-state index is 11.3. The number of carbonyl (C=O) groups is 1. The molecule has 2 aromatic heterocycles. The van der Waals surface area contributed by atoms with Crippen LogP contribution in [-0.4, -0.2) is 31.5 Å². The zero-order valence-electron chi connectivity index (χ0n) is 12.2. The number of hydrogen-bond donors (Lipinski definition) is 3. The van der Waals surface area contributed by atoms with Crippen molar-refractivity contribution < 1.29 is 9.90 Å². The van der Waals surface area contributed by atoms with Crippen LogP contribution >= 0.6 is 11.3 Å². The monoisotopic (exact) mass is 337 g/mol. The lowest BCUT2D eigenvalue weighted by Gasteiger charge is -2.02. The molecule has 3 N–H and O–H groups in total. The number of carboxylic acid groups (broad SMARTS) is 1. The number of nitrogens with zero attached hydrogens (tertiary/aromatic N) is 3. The van der Waals surface area contributed by atoms with E-state index in [0.29, 0.717) is 15.7 Å². The Kier molecular flexibility index (Phi) is 3.43. The van der Waals surface area contributed by atoms with Gasteiger partial charge in [-0.2, -0.15) is 5.10 Å². The van der Waals surface area contributed by atoms with Gasteiger partial charge in [-0.15, -0.1) is 10.2 Å². The zero-order chi connectivity index (χ0) is 16.5. The lowest BCUT2D eigenvalue weighted by molar-refractivity contribution is 0.0697. The largest absolute Gasteiger partial charge is 0.478 e. The third kappa shape index (κ3) is 2.59. The first-order chi connectivity index (χ1) is 11.7. The van der Waals surface area contributed by atoms with Gasteiger partial charge in [0.25, 0.3) is 0 Å². The van der Waals surface area contributed by atoms with Crippen molar-refractivity contribution >= 4 is 39.0 Å². The number of anilines is 2. The third-order valence-electron chi connectivity index (χ3n) is 3.50. The van der Waals surface area contributed by atoms with Crippen molar-refractivity contribution in [1.82, 2.24) is 20.4 Å². The van der Waals surface area contributed by atoms with Crippen LogP contribution in [0.2, 0.25) is 0 Å². The molecule has 0 atom stereocenters. The molecule has 7 nitrogen and oxygen atoms in total. The van der Waals surface area contributed by atoms with Crippen molar-refractivity contribution in [3.05, 3.63) is 54.2 Å². The molecule has 0 radical (unpaired) electrons. The summed E-state index contributed by atoms with van der Waals surface area (Å²) in [5.74, 6) is -0.985. The second-order valence-corrected chi connectivity index (χ2v) is 6.04. The predicted octanol–water partition coefficient (Wildman–Crippen LogP) is 3.52. The smallest absolute Gasteiger partial charge is 0.336 e.